The van der Waals surface area contributed by atoms with Gasteiger partial charge in [0.15, 0.2) is 17.1 Å². The van der Waals surface area contributed by atoms with Crippen LogP contribution in [0.4, 0.5) is 5.69 Å². The van der Waals surface area contributed by atoms with Crippen LogP contribution >= 0.6 is 11.6 Å². The summed E-state index contributed by atoms with van der Waals surface area (Å²) in [7, 11) is 1.62. The van der Waals surface area contributed by atoms with Gasteiger partial charge < -0.3 is 24.3 Å². The standard InChI is InChI=1S/C28H23ClN2O4/c1-33-27-14-19(8-13-26(27)34-17-18-6-9-20(29)10-7-18)16-30-21-11-12-22(24(32)15-21)28-31-23-4-2-3-5-25(23)35-28/h2-15,30,32H,16-17H2,1H3. The fourth-order valence-corrected chi connectivity index (χ4v) is 3.82. The molecule has 0 unspecified atom stereocenters. The first-order valence-electron chi connectivity index (χ1n) is 11.1. The molecule has 0 spiro atoms. The molecule has 4 aromatic carbocycles. The first-order valence-corrected chi connectivity index (χ1v) is 11.4. The Bertz CT molecular complexity index is 1430. The minimum Gasteiger partial charge on any atom is -0.507 e. The van der Waals surface area contributed by atoms with E-state index in [1.165, 1.54) is 0 Å². The lowest BCUT2D eigenvalue weighted by molar-refractivity contribution is 0.284. The number of hydrogen-bond acceptors (Lipinski definition) is 6. The number of nitrogens with one attached hydrogen (secondary N) is 1. The van der Waals surface area contributed by atoms with Crippen LogP contribution in [0.15, 0.2) is 89.3 Å². The lowest BCUT2D eigenvalue weighted by atomic mass is 10.1. The summed E-state index contributed by atoms with van der Waals surface area (Å²) >= 11 is 5.94. The van der Waals surface area contributed by atoms with Gasteiger partial charge in [-0.2, -0.15) is 0 Å². The molecule has 5 aromatic rings. The van der Waals surface area contributed by atoms with Crippen LogP contribution in [-0.4, -0.2) is 17.2 Å². The molecular weight excluding hydrogens is 464 g/mol. The third-order valence-electron chi connectivity index (χ3n) is 5.55. The number of aromatic hydroxyl groups is 1. The molecule has 0 aliphatic rings. The summed E-state index contributed by atoms with van der Waals surface area (Å²) < 4.78 is 17.2. The van der Waals surface area contributed by atoms with Crippen molar-refractivity contribution in [1.29, 1.82) is 0 Å². The number of methoxy groups -OCH3 is 1. The van der Waals surface area contributed by atoms with E-state index >= 15 is 0 Å². The molecule has 6 nitrogen and oxygen atoms in total. The van der Waals surface area contributed by atoms with Crippen molar-refractivity contribution in [3.05, 3.63) is 101 Å². The van der Waals surface area contributed by atoms with Gasteiger partial charge in [0.2, 0.25) is 5.89 Å². The van der Waals surface area contributed by atoms with E-state index in [0.717, 1.165) is 22.3 Å². The molecule has 0 aliphatic carbocycles. The van der Waals surface area contributed by atoms with E-state index in [-0.39, 0.29) is 5.75 Å². The molecule has 0 radical (unpaired) electrons. The summed E-state index contributed by atoms with van der Waals surface area (Å²) in [6.45, 7) is 0.951. The number of fused-ring (bicyclic) bond motifs is 1. The number of rotatable bonds is 8. The molecule has 0 saturated heterocycles. The van der Waals surface area contributed by atoms with Crippen molar-refractivity contribution < 1.29 is 19.0 Å². The smallest absolute Gasteiger partial charge is 0.231 e. The second-order valence-corrected chi connectivity index (χ2v) is 8.41. The van der Waals surface area contributed by atoms with Crippen LogP contribution in [0.25, 0.3) is 22.6 Å². The second-order valence-electron chi connectivity index (χ2n) is 7.97. The van der Waals surface area contributed by atoms with E-state index in [0.29, 0.717) is 46.7 Å². The Balaban J connectivity index is 1.24. The highest BCUT2D eigenvalue weighted by atomic mass is 35.5. The number of phenols is 1. The molecule has 0 amide bonds. The Labute approximate surface area is 207 Å². The maximum Gasteiger partial charge on any atom is 0.231 e. The third-order valence-corrected chi connectivity index (χ3v) is 5.81. The van der Waals surface area contributed by atoms with E-state index in [1.54, 1.807) is 19.2 Å². The first kappa shape index (κ1) is 22.6. The Morgan fingerprint density at radius 3 is 2.49 bits per heavy atom. The second kappa shape index (κ2) is 9.99. The van der Waals surface area contributed by atoms with Crippen molar-refractivity contribution >= 4 is 28.4 Å². The number of ether oxygens (including phenoxy) is 2. The van der Waals surface area contributed by atoms with Crippen LogP contribution in [0.2, 0.25) is 5.02 Å². The zero-order valence-corrected chi connectivity index (χ0v) is 19.8. The number of para-hydroxylation sites is 2. The van der Waals surface area contributed by atoms with Gasteiger partial charge in [-0.25, -0.2) is 4.98 Å². The Morgan fingerprint density at radius 2 is 1.71 bits per heavy atom. The largest absolute Gasteiger partial charge is 0.507 e. The maximum atomic E-state index is 10.6. The van der Waals surface area contributed by atoms with Crippen molar-refractivity contribution in [3.8, 4) is 28.7 Å². The summed E-state index contributed by atoms with van der Waals surface area (Å²) in [5, 5.41) is 14.6. The van der Waals surface area contributed by atoms with Crippen LogP contribution in [0, 0.1) is 0 Å². The normalized spacial score (nSPS) is 10.9. The van der Waals surface area contributed by atoms with Crippen molar-refractivity contribution in [2.75, 3.05) is 12.4 Å². The molecule has 7 heteroatoms. The highest BCUT2D eigenvalue weighted by Crippen LogP contribution is 2.34. The number of phenolic OH excluding ortho intramolecular Hbond substituents is 1. The van der Waals surface area contributed by atoms with Crippen LogP contribution in [0.3, 0.4) is 0 Å². The van der Waals surface area contributed by atoms with Gasteiger partial charge in [0.05, 0.1) is 12.7 Å². The molecule has 0 atom stereocenters. The molecule has 0 aliphatic heterocycles. The average Bonchev–Trinajstić information content (AvgIpc) is 3.31. The van der Waals surface area contributed by atoms with E-state index in [2.05, 4.69) is 10.3 Å². The maximum absolute atomic E-state index is 10.6. The highest BCUT2D eigenvalue weighted by molar-refractivity contribution is 6.30. The van der Waals surface area contributed by atoms with Crippen molar-refractivity contribution in [2.45, 2.75) is 13.2 Å². The van der Waals surface area contributed by atoms with Crippen LogP contribution in [0.5, 0.6) is 17.2 Å². The number of oxazole rings is 1. The molecule has 176 valence electrons. The predicted molar refractivity (Wildman–Crippen MR) is 137 cm³/mol. The summed E-state index contributed by atoms with van der Waals surface area (Å²) in [6, 6.07) is 26.1. The van der Waals surface area contributed by atoms with Gasteiger partial charge in [-0.1, -0.05) is 41.9 Å². The molecule has 5 rings (SSSR count). The first-order chi connectivity index (χ1) is 17.1. The highest BCUT2D eigenvalue weighted by Gasteiger charge is 2.13. The van der Waals surface area contributed by atoms with Crippen molar-refractivity contribution in [3.63, 3.8) is 0 Å². The van der Waals surface area contributed by atoms with Gasteiger partial charge in [0.25, 0.3) is 0 Å². The number of benzene rings is 4. The number of hydrogen-bond donors (Lipinski definition) is 2. The molecule has 0 fully saturated rings. The van der Waals surface area contributed by atoms with Crippen LogP contribution in [-0.2, 0) is 13.2 Å². The number of aromatic nitrogens is 1. The summed E-state index contributed by atoms with van der Waals surface area (Å²) in [6.07, 6.45) is 0. The number of nitrogens with zero attached hydrogens (tertiary/aromatic N) is 1. The lowest BCUT2D eigenvalue weighted by Gasteiger charge is -2.13. The molecule has 0 bridgehead atoms. The van der Waals surface area contributed by atoms with E-state index in [4.69, 9.17) is 25.5 Å². The molecule has 0 saturated carbocycles. The molecule has 2 N–H and O–H groups in total. The fraction of sp³-hybridized carbons (Fsp3) is 0.107. The number of halogens is 1. The predicted octanol–water partition coefficient (Wildman–Crippen LogP) is 7.05. The zero-order valence-electron chi connectivity index (χ0n) is 19.0. The van der Waals surface area contributed by atoms with Gasteiger partial charge in [-0.15, -0.1) is 0 Å². The Morgan fingerprint density at radius 1 is 0.914 bits per heavy atom. The van der Waals surface area contributed by atoms with Gasteiger partial charge >= 0.3 is 0 Å². The van der Waals surface area contributed by atoms with Gasteiger partial charge in [0, 0.05) is 23.3 Å². The van der Waals surface area contributed by atoms with Crippen molar-refractivity contribution in [1.82, 2.24) is 4.98 Å². The quantitative estimate of drug-likeness (QED) is 0.244. The van der Waals surface area contributed by atoms with E-state index < -0.39 is 0 Å². The average molecular weight is 487 g/mol. The minimum atomic E-state index is 0.0880. The summed E-state index contributed by atoms with van der Waals surface area (Å²) in [5.74, 6) is 1.78. The van der Waals surface area contributed by atoms with Crippen molar-refractivity contribution in [2.24, 2.45) is 0 Å². The third kappa shape index (κ3) is 5.18. The van der Waals surface area contributed by atoms with E-state index in [9.17, 15) is 5.11 Å². The Hall–Kier alpha value is -4.16. The minimum absolute atomic E-state index is 0.0880. The monoisotopic (exact) mass is 486 g/mol. The van der Waals surface area contributed by atoms with Crippen LogP contribution in [0.1, 0.15) is 11.1 Å². The number of anilines is 1. The molecule has 35 heavy (non-hydrogen) atoms. The van der Waals surface area contributed by atoms with Gasteiger partial charge in [-0.05, 0) is 59.7 Å². The van der Waals surface area contributed by atoms with E-state index in [1.807, 2.05) is 72.8 Å². The van der Waals surface area contributed by atoms with Gasteiger partial charge in [-0.3, -0.25) is 0 Å². The zero-order chi connectivity index (χ0) is 24.2. The molecular formula is C28H23ClN2O4. The van der Waals surface area contributed by atoms with Crippen LogP contribution < -0.4 is 14.8 Å². The summed E-state index contributed by atoms with van der Waals surface area (Å²) in [5.41, 5.74) is 4.75. The van der Waals surface area contributed by atoms with Gasteiger partial charge in [0.1, 0.15) is 17.9 Å². The SMILES string of the molecule is COc1cc(CNc2ccc(-c3nc4ccccc4o3)c(O)c2)ccc1OCc1ccc(Cl)cc1. The summed E-state index contributed by atoms with van der Waals surface area (Å²) in [4.78, 5) is 4.45. The fourth-order valence-electron chi connectivity index (χ4n) is 3.70. The molecule has 1 aromatic heterocycles. The lowest BCUT2D eigenvalue weighted by Crippen LogP contribution is -2.02. The Kier molecular flexibility index (Phi) is 6.46. The molecule has 1 heterocycles. The topological polar surface area (TPSA) is 76.8 Å².